The van der Waals surface area contributed by atoms with Crippen molar-refractivity contribution in [2.45, 2.75) is 19.9 Å². The Kier molecular flexibility index (Phi) is 5.34. The van der Waals surface area contributed by atoms with Crippen LogP contribution in [0.15, 0.2) is 39.0 Å². The lowest BCUT2D eigenvalue weighted by molar-refractivity contribution is 0.679. The number of nitrogens with zero attached hydrogens (tertiary/aromatic N) is 6. The fourth-order valence-electron chi connectivity index (χ4n) is 3.00. The van der Waals surface area contributed by atoms with Crippen LogP contribution in [0, 0.1) is 0 Å². The molecule has 0 spiro atoms. The van der Waals surface area contributed by atoms with Crippen molar-refractivity contribution in [1.29, 1.82) is 0 Å². The molecule has 148 valence electrons. The van der Waals surface area contributed by atoms with E-state index < -0.39 is 5.69 Å². The number of rotatable bonds is 6. The van der Waals surface area contributed by atoms with E-state index >= 15 is 0 Å². The molecule has 0 fully saturated rings. The molecular weight excluding hydrogens is 358 g/mol. The van der Waals surface area contributed by atoms with Gasteiger partial charge in [-0.15, -0.1) is 0 Å². The smallest absolute Gasteiger partial charge is 0.332 e. The van der Waals surface area contributed by atoms with Gasteiger partial charge in [-0.1, -0.05) is 19.1 Å². The molecule has 3 aromatic rings. The van der Waals surface area contributed by atoms with Crippen LogP contribution in [-0.2, 0) is 20.6 Å². The third-order valence-electron chi connectivity index (χ3n) is 4.58. The molecule has 1 aromatic carbocycles. The molecule has 2 heterocycles. The zero-order valence-corrected chi connectivity index (χ0v) is 16.8. The fourth-order valence-corrected chi connectivity index (χ4v) is 3.00. The van der Waals surface area contributed by atoms with Crippen LogP contribution in [0.2, 0.25) is 0 Å². The summed E-state index contributed by atoms with van der Waals surface area (Å²) in [6.45, 7) is 2.59. The van der Waals surface area contributed by atoms with Gasteiger partial charge >= 0.3 is 5.69 Å². The number of nitrogens with one attached hydrogen (secondary N) is 1. The summed E-state index contributed by atoms with van der Waals surface area (Å²) in [6, 6.07) is 7.95. The highest BCUT2D eigenvalue weighted by Crippen LogP contribution is 2.16. The molecule has 0 bridgehead atoms. The van der Waals surface area contributed by atoms with Crippen molar-refractivity contribution < 1.29 is 0 Å². The minimum absolute atomic E-state index is 0.342. The predicted molar refractivity (Wildman–Crippen MR) is 112 cm³/mol. The molecule has 0 saturated heterocycles. The molecule has 9 heteroatoms. The summed E-state index contributed by atoms with van der Waals surface area (Å²) in [7, 11) is 7.05. The Morgan fingerprint density at radius 3 is 2.43 bits per heavy atom. The van der Waals surface area contributed by atoms with Gasteiger partial charge in [-0.25, -0.2) is 10.2 Å². The lowest BCUT2D eigenvalue weighted by Crippen LogP contribution is -2.37. The first kappa shape index (κ1) is 19.4. The van der Waals surface area contributed by atoms with Gasteiger partial charge < -0.3 is 9.47 Å². The van der Waals surface area contributed by atoms with Crippen LogP contribution in [0.4, 0.5) is 11.6 Å². The molecule has 1 N–H and O–H groups in total. The average Bonchev–Trinajstić information content (AvgIpc) is 3.04. The Morgan fingerprint density at radius 1 is 1.14 bits per heavy atom. The van der Waals surface area contributed by atoms with Gasteiger partial charge in [0.05, 0.1) is 6.21 Å². The summed E-state index contributed by atoms with van der Waals surface area (Å²) in [5.41, 5.74) is 4.91. The SMILES string of the molecule is CCCn1c(N/N=C\c2ccc(N(C)C)cc2)nc2c1c(=O)n(C)c(=O)n2C. The van der Waals surface area contributed by atoms with Crippen LogP contribution in [0.1, 0.15) is 18.9 Å². The highest BCUT2D eigenvalue weighted by molar-refractivity contribution is 5.81. The van der Waals surface area contributed by atoms with Gasteiger partial charge in [0.15, 0.2) is 11.2 Å². The monoisotopic (exact) mass is 383 g/mol. The van der Waals surface area contributed by atoms with Crippen LogP contribution in [0.5, 0.6) is 0 Å². The molecule has 0 aliphatic rings. The van der Waals surface area contributed by atoms with Crippen LogP contribution in [0.3, 0.4) is 0 Å². The minimum Gasteiger partial charge on any atom is -0.378 e. The van der Waals surface area contributed by atoms with Gasteiger partial charge in [0.25, 0.3) is 5.56 Å². The fraction of sp³-hybridized carbons (Fsp3) is 0.368. The average molecular weight is 383 g/mol. The Morgan fingerprint density at radius 2 is 1.82 bits per heavy atom. The summed E-state index contributed by atoms with van der Waals surface area (Å²) in [5, 5.41) is 4.26. The zero-order chi connectivity index (χ0) is 20.4. The van der Waals surface area contributed by atoms with Gasteiger partial charge in [0, 0.05) is 40.4 Å². The Bertz CT molecular complexity index is 1130. The van der Waals surface area contributed by atoms with E-state index in [9.17, 15) is 9.59 Å². The molecule has 0 amide bonds. The number of imidazole rings is 1. The number of aryl methyl sites for hydroxylation is 2. The minimum atomic E-state index is -0.408. The number of aromatic nitrogens is 4. The first-order valence-electron chi connectivity index (χ1n) is 9.07. The molecule has 0 saturated carbocycles. The van der Waals surface area contributed by atoms with Crippen molar-refractivity contribution in [3.63, 3.8) is 0 Å². The molecular formula is C19H25N7O2. The zero-order valence-electron chi connectivity index (χ0n) is 16.8. The standard InChI is InChI=1S/C19H25N7O2/c1-6-11-26-15-16(24(4)19(28)25(5)17(15)27)21-18(26)22-20-12-13-7-9-14(10-8-13)23(2)3/h7-10,12H,6,11H2,1-5H3,(H,21,22)/b20-12-. The van der Waals surface area contributed by atoms with Gasteiger partial charge in [-0.2, -0.15) is 10.1 Å². The lowest BCUT2D eigenvalue weighted by Gasteiger charge is -2.11. The van der Waals surface area contributed by atoms with Crippen molar-refractivity contribution in [3.8, 4) is 0 Å². The van der Waals surface area contributed by atoms with E-state index in [0.29, 0.717) is 23.7 Å². The molecule has 0 atom stereocenters. The van der Waals surface area contributed by atoms with Crippen molar-refractivity contribution in [1.82, 2.24) is 18.7 Å². The van der Waals surface area contributed by atoms with Crippen LogP contribution < -0.4 is 21.6 Å². The first-order valence-corrected chi connectivity index (χ1v) is 9.07. The van der Waals surface area contributed by atoms with Crippen LogP contribution >= 0.6 is 0 Å². The Labute approximate surface area is 162 Å². The Hall–Kier alpha value is -3.36. The van der Waals surface area contributed by atoms with Gasteiger partial charge in [0.2, 0.25) is 5.95 Å². The number of hydrogen-bond donors (Lipinski definition) is 1. The predicted octanol–water partition coefficient (Wildman–Crippen LogP) is 1.36. The van der Waals surface area contributed by atoms with Gasteiger partial charge in [0.1, 0.15) is 0 Å². The highest BCUT2D eigenvalue weighted by atomic mass is 16.2. The number of hydrogen-bond acceptors (Lipinski definition) is 6. The van der Waals surface area contributed by atoms with E-state index in [0.717, 1.165) is 22.2 Å². The molecule has 2 aromatic heterocycles. The third-order valence-corrected chi connectivity index (χ3v) is 4.58. The number of hydrazone groups is 1. The maximum Gasteiger partial charge on any atom is 0.332 e. The Balaban J connectivity index is 1.97. The summed E-state index contributed by atoms with van der Waals surface area (Å²) in [5.74, 6) is 0.427. The van der Waals surface area contributed by atoms with E-state index in [1.807, 2.05) is 50.2 Å². The third kappa shape index (κ3) is 3.42. The van der Waals surface area contributed by atoms with Crippen molar-refractivity contribution >= 4 is 29.0 Å². The second-order valence-electron chi connectivity index (χ2n) is 6.82. The molecule has 0 radical (unpaired) electrons. The second-order valence-corrected chi connectivity index (χ2v) is 6.82. The topological polar surface area (TPSA) is 89.5 Å². The quantitative estimate of drug-likeness (QED) is 0.513. The summed E-state index contributed by atoms with van der Waals surface area (Å²) in [6.07, 6.45) is 2.49. The van der Waals surface area contributed by atoms with Gasteiger partial charge in [-0.05, 0) is 24.1 Å². The maximum absolute atomic E-state index is 12.6. The van der Waals surface area contributed by atoms with Crippen LogP contribution in [-0.4, -0.2) is 39.0 Å². The normalized spacial score (nSPS) is 11.5. The van der Waals surface area contributed by atoms with E-state index in [4.69, 9.17) is 0 Å². The number of anilines is 2. The molecule has 3 rings (SSSR count). The van der Waals surface area contributed by atoms with E-state index in [1.54, 1.807) is 17.8 Å². The van der Waals surface area contributed by atoms with Crippen molar-refractivity contribution in [2.24, 2.45) is 19.2 Å². The molecule has 0 aliphatic carbocycles. The molecule has 0 aliphatic heterocycles. The first-order chi connectivity index (χ1) is 13.3. The second kappa shape index (κ2) is 7.71. The van der Waals surface area contributed by atoms with E-state index in [1.165, 1.54) is 11.6 Å². The van der Waals surface area contributed by atoms with Crippen LogP contribution in [0.25, 0.3) is 11.2 Å². The molecule has 9 nitrogen and oxygen atoms in total. The summed E-state index contributed by atoms with van der Waals surface area (Å²) in [4.78, 5) is 31.3. The van der Waals surface area contributed by atoms with Gasteiger partial charge in [-0.3, -0.25) is 13.9 Å². The van der Waals surface area contributed by atoms with E-state index in [2.05, 4.69) is 15.5 Å². The van der Waals surface area contributed by atoms with Crippen molar-refractivity contribution in [3.05, 3.63) is 50.7 Å². The highest BCUT2D eigenvalue weighted by Gasteiger charge is 2.18. The lowest BCUT2D eigenvalue weighted by atomic mass is 10.2. The molecule has 28 heavy (non-hydrogen) atoms. The van der Waals surface area contributed by atoms with E-state index in [-0.39, 0.29) is 5.56 Å². The number of benzene rings is 1. The number of fused-ring (bicyclic) bond motifs is 1. The maximum atomic E-state index is 12.6. The summed E-state index contributed by atoms with van der Waals surface area (Å²) >= 11 is 0. The largest absolute Gasteiger partial charge is 0.378 e. The van der Waals surface area contributed by atoms with Crippen molar-refractivity contribution in [2.75, 3.05) is 24.4 Å². The summed E-state index contributed by atoms with van der Waals surface area (Å²) < 4.78 is 4.23. The molecule has 0 unspecified atom stereocenters.